The Hall–Kier alpha value is -1.55. The third kappa shape index (κ3) is 3.75. The summed E-state index contributed by atoms with van der Waals surface area (Å²) in [5.41, 5.74) is 5.48. The van der Waals surface area contributed by atoms with Crippen LogP contribution in [0, 0.1) is 5.92 Å². The summed E-state index contributed by atoms with van der Waals surface area (Å²) in [6, 6.07) is 4.77. The summed E-state index contributed by atoms with van der Waals surface area (Å²) in [5, 5.41) is 9.65. The number of Topliss-reactive ketones (excluding diaryl/α,β-unsaturated/α-hetero) is 1. The molecule has 1 rings (SSSR count). The number of rotatable bonds is 6. The van der Waals surface area contributed by atoms with Gasteiger partial charge in [-0.05, 0) is 24.5 Å². The number of phenolic OH excluding ortho intramolecular Hbond substituents is 1. The van der Waals surface area contributed by atoms with E-state index in [0.29, 0.717) is 18.3 Å². The van der Waals surface area contributed by atoms with Crippen LogP contribution in [0.4, 0.5) is 0 Å². The number of nitrogens with two attached hydrogens (primary N) is 1. The number of carbonyl (C=O) groups excluding carboxylic acids is 1. The zero-order valence-corrected chi connectivity index (χ0v) is 10.3. The first kappa shape index (κ1) is 13.5. The molecule has 94 valence electrons. The molecule has 0 heterocycles. The number of ether oxygens (including phenoxy) is 1. The van der Waals surface area contributed by atoms with Gasteiger partial charge >= 0.3 is 0 Å². The Morgan fingerprint density at radius 1 is 1.47 bits per heavy atom. The Kier molecular flexibility index (Phi) is 4.97. The second kappa shape index (κ2) is 6.25. The van der Waals surface area contributed by atoms with Crippen LogP contribution in [0.15, 0.2) is 18.2 Å². The van der Waals surface area contributed by atoms with Crippen LogP contribution < -0.4 is 10.5 Å². The lowest BCUT2D eigenvalue weighted by atomic mass is 10.1. The summed E-state index contributed by atoms with van der Waals surface area (Å²) in [7, 11) is 0. The van der Waals surface area contributed by atoms with Crippen molar-refractivity contribution in [3.05, 3.63) is 23.8 Å². The van der Waals surface area contributed by atoms with Gasteiger partial charge in [0, 0.05) is 0 Å². The molecular weight excluding hydrogens is 218 g/mol. The smallest absolute Gasteiger partial charge is 0.183 e. The fourth-order valence-electron chi connectivity index (χ4n) is 1.43. The minimum absolute atomic E-state index is 0.0810. The quantitative estimate of drug-likeness (QED) is 0.742. The molecule has 1 aromatic carbocycles. The maximum atomic E-state index is 11.6. The molecule has 0 amide bonds. The van der Waals surface area contributed by atoms with E-state index in [1.54, 1.807) is 12.1 Å². The summed E-state index contributed by atoms with van der Waals surface area (Å²) in [6.45, 7) is 4.57. The van der Waals surface area contributed by atoms with Gasteiger partial charge in [0.15, 0.2) is 5.78 Å². The second-order valence-electron chi connectivity index (χ2n) is 4.31. The van der Waals surface area contributed by atoms with E-state index in [1.165, 1.54) is 6.07 Å². The molecule has 0 bridgehead atoms. The van der Waals surface area contributed by atoms with Gasteiger partial charge in [0.05, 0.1) is 13.2 Å². The first-order valence-corrected chi connectivity index (χ1v) is 5.74. The maximum Gasteiger partial charge on any atom is 0.183 e. The molecule has 1 aromatic rings. The molecule has 4 nitrogen and oxygen atoms in total. The molecule has 0 aliphatic rings. The molecule has 3 N–H and O–H groups in total. The van der Waals surface area contributed by atoms with E-state index in [0.717, 1.165) is 6.42 Å². The van der Waals surface area contributed by atoms with Gasteiger partial charge in [0.25, 0.3) is 0 Å². The highest BCUT2D eigenvalue weighted by atomic mass is 16.5. The van der Waals surface area contributed by atoms with Crippen LogP contribution >= 0.6 is 0 Å². The minimum atomic E-state index is -0.317. The van der Waals surface area contributed by atoms with Crippen molar-refractivity contribution in [2.75, 3.05) is 13.2 Å². The van der Waals surface area contributed by atoms with Crippen LogP contribution in [0.3, 0.4) is 0 Å². The monoisotopic (exact) mass is 237 g/mol. The summed E-state index contributed by atoms with van der Waals surface area (Å²) >= 11 is 0. The third-order valence-electron chi connectivity index (χ3n) is 2.42. The van der Waals surface area contributed by atoms with E-state index in [4.69, 9.17) is 10.5 Å². The van der Waals surface area contributed by atoms with Crippen LogP contribution in [0.2, 0.25) is 0 Å². The van der Waals surface area contributed by atoms with E-state index in [2.05, 4.69) is 13.8 Å². The fourth-order valence-corrected chi connectivity index (χ4v) is 1.43. The zero-order valence-electron chi connectivity index (χ0n) is 10.3. The van der Waals surface area contributed by atoms with Crippen molar-refractivity contribution in [1.29, 1.82) is 0 Å². The van der Waals surface area contributed by atoms with Gasteiger partial charge in [0.1, 0.15) is 17.1 Å². The Bertz CT molecular complexity index is 388. The summed E-state index contributed by atoms with van der Waals surface area (Å²) in [5.74, 6) is 0.534. The summed E-state index contributed by atoms with van der Waals surface area (Å²) in [6.07, 6.45) is 0.895. The maximum absolute atomic E-state index is 11.6. The van der Waals surface area contributed by atoms with Crippen molar-refractivity contribution in [2.24, 2.45) is 11.7 Å². The van der Waals surface area contributed by atoms with Crippen LogP contribution in [0.1, 0.15) is 30.6 Å². The van der Waals surface area contributed by atoms with Crippen LogP contribution in [-0.4, -0.2) is 24.0 Å². The lowest BCUT2D eigenvalue weighted by molar-refractivity contribution is 0.0994. The van der Waals surface area contributed by atoms with E-state index in [9.17, 15) is 9.90 Å². The van der Waals surface area contributed by atoms with Crippen molar-refractivity contribution in [1.82, 2.24) is 0 Å². The van der Waals surface area contributed by atoms with Crippen molar-refractivity contribution in [2.45, 2.75) is 20.3 Å². The molecule has 0 saturated heterocycles. The van der Waals surface area contributed by atoms with Gasteiger partial charge in [-0.15, -0.1) is 0 Å². The van der Waals surface area contributed by atoms with Crippen LogP contribution in [0.5, 0.6) is 11.5 Å². The number of hydrogen-bond acceptors (Lipinski definition) is 4. The molecule has 0 radical (unpaired) electrons. The summed E-state index contributed by atoms with van der Waals surface area (Å²) in [4.78, 5) is 11.6. The standard InChI is InChI=1S/C13H19NO3/c1-9(2)6-7-17-12-5-3-4-10(15)13(12)11(16)8-14/h3-5,9,15H,6-8,14H2,1-2H3. The average molecular weight is 237 g/mol. The summed E-state index contributed by atoms with van der Waals surface area (Å²) < 4.78 is 5.52. The van der Waals surface area contributed by atoms with Gasteiger partial charge in [-0.1, -0.05) is 19.9 Å². The first-order valence-electron chi connectivity index (χ1n) is 5.74. The third-order valence-corrected chi connectivity index (χ3v) is 2.42. The molecule has 0 fully saturated rings. The minimum Gasteiger partial charge on any atom is -0.507 e. The SMILES string of the molecule is CC(C)CCOc1cccc(O)c1C(=O)CN. The topological polar surface area (TPSA) is 72.5 Å². The fraction of sp³-hybridized carbons (Fsp3) is 0.462. The van der Waals surface area contributed by atoms with E-state index in [1.807, 2.05) is 0 Å². The van der Waals surface area contributed by atoms with Crippen LogP contribution in [0.25, 0.3) is 0 Å². The number of phenols is 1. The highest BCUT2D eigenvalue weighted by Gasteiger charge is 2.15. The number of benzene rings is 1. The molecule has 0 saturated carbocycles. The van der Waals surface area contributed by atoms with E-state index >= 15 is 0 Å². The first-order chi connectivity index (χ1) is 8.06. The largest absolute Gasteiger partial charge is 0.507 e. The van der Waals surface area contributed by atoms with Gasteiger partial charge in [-0.25, -0.2) is 0 Å². The Balaban J connectivity index is 2.83. The van der Waals surface area contributed by atoms with Crippen LogP contribution in [-0.2, 0) is 0 Å². The molecule has 17 heavy (non-hydrogen) atoms. The van der Waals surface area contributed by atoms with Gasteiger partial charge in [-0.2, -0.15) is 0 Å². The molecule has 0 unspecified atom stereocenters. The molecule has 0 spiro atoms. The number of hydrogen-bond donors (Lipinski definition) is 2. The van der Waals surface area contributed by atoms with Crippen molar-refractivity contribution in [3.63, 3.8) is 0 Å². The predicted molar refractivity (Wildman–Crippen MR) is 66.4 cm³/mol. The van der Waals surface area contributed by atoms with Crippen molar-refractivity contribution < 1.29 is 14.6 Å². The number of carbonyl (C=O) groups is 1. The van der Waals surface area contributed by atoms with Crippen molar-refractivity contribution in [3.8, 4) is 11.5 Å². The van der Waals surface area contributed by atoms with Gasteiger partial charge in [0.2, 0.25) is 0 Å². The Labute approximate surface area is 101 Å². The lowest BCUT2D eigenvalue weighted by Crippen LogP contribution is -2.15. The molecule has 0 aromatic heterocycles. The zero-order chi connectivity index (χ0) is 12.8. The molecule has 4 heteroatoms. The lowest BCUT2D eigenvalue weighted by Gasteiger charge is -2.12. The van der Waals surface area contributed by atoms with E-state index < -0.39 is 0 Å². The molecule has 0 aliphatic heterocycles. The predicted octanol–water partition coefficient (Wildman–Crippen LogP) is 1.96. The second-order valence-corrected chi connectivity index (χ2v) is 4.31. The van der Waals surface area contributed by atoms with Crippen molar-refractivity contribution >= 4 is 5.78 Å². The highest BCUT2D eigenvalue weighted by molar-refractivity contribution is 6.02. The van der Waals surface area contributed by atoms with Gasteiger partial charge < -0.3 is 15.6 Å². The Morgan fingerprint density at radius 3 is 2.76 bits per heavy atom. The molecular formula is C13H19NO3. The number of aromatic hydroxyl groups is 1. The van der Waals surface area contributed by atoms with E-state index in [-0.39, 0.29) is 23.6 Å². The molecule has 0 atom stereocenters. The molecule has 0 aliphatic carbocycles. The Morgan fingerprint density at radius 2 is 2.18 bits per heavy atom. The normalized spacial score (nSPS) is 10.6. The average Bonchev–Trinajstić information content (AvgIpc) is 2.28. The van der Waals surface area contributed by atoms with Gasteiger partial charge in [-0.3, -0.25) is 4.79 Å². The highest BCUT2D eigenvalue weighted by Crippen LogP contribution is 2.28. The number of ketones is 1.